The Balaban J connectivity index is 2.41. The Morgan fingerprint density at radius 1 is 0.947 bits per heavy atom. The number of nitrogens with two attached hydrogens (primary N) is 1. The lowest BCUT2D eigenvalue weighted by atomic mass is 10.2. The quantitative estimate of drug-likeness (QED) is 0.856. The van der Waals surface area contributed by atoms with Crippen LogP contribution in [0.2, 0.25) is 0 Å². The van der Waals surface area contributed by atoms with E-state index in [1.54, 1.807) is 14.2 Å². The molecule has 0 heterocycles. The van der Waals surface area contributed by atoms with Crippen LogP contribution in [-0.4, -0.2) is 21.3 Å². The molecule has 0 aliphatic heterocycles. The van der Waals surface area contributed by atoms with Gasteiger partial charge in [-0.15, -0.1) is 0 Å². The van der Waals surface area contributed by atoms with Crippen LogP contribution in [0.5, 0.6) is 11.5 Å². The molecule has 0 aliphatic carbocycles. The van der Waals surface area contributed by atoms with E-state index in [2.05, 4.69) is 0 Å². The fourth-order valence-electron chi connectivity index (χ4n) is 1.90. The molecule has 2 aromatic rings. The molecule has 0 saturated carbocycles. The summed E-state index contributed by atoms with van der Waals surface area (Å²) in [4.78, 5) is 2.03. The molecule has 0 spiro atoms. The minimum absolute atomic E-state index is 0.745. The summed E-state index contributed by atoms with van der Waals surface area (Å²) < 4.78 is 10.6. The molecule has 0 fully saturated rings. The average molecular weight is 258 g/mol. The van der Waals surface area contributed by atoms with Crippen LogP contribution in [0.4, 0.5) is 17.1 Å². The van der Waals surface area contributed by atoms with Crippen LogP contribution in [0.3, 0.4) is 0 Å². The number of hydrogen-bond donors (Lipinski definition) is 1. The number of methoxy groups -OCH3 is 2. The van der Waals surface area contributed by atoms with E-state index in [-0.39, 0.29) is 0 Å². The zero-order valence-corrected chi connectivity index (χ0v) is 11.4. The van der Waals surface area contributed by atoms with Crippen LogP contribution in [0, 0.1) is 0 Å². The minimum atomic E-state index is 0.745. The molecule has 0 amide bonds. The Morgan fingerprint density at radius 2 is 1.63 bits per heavy atom. The van der Waals surface area contributed by atoms with Gasteiger partial charge in [-0.1, -0.05) is 0 Å². The van der Waals surface area contributed by atoms with Gasteiger partial charge in [0.1, 0.15) is 11.5 Å². The highest BCUT2D eigenvalue weighted by Gasteiger charge is 2.11. The monoisotopic (exact) mass is 258 g/mol. The van der Waals surface area contributed by atoms with Crippen molar-refractivity contribution in [1.82, 2.24) is 0 Å². The Labute approximate surface area is 113 Å². The van der Waals surface area contributed by atoms with Gasteiger partial charge in [0.2, 0.25) is 0 Å². The highest BCUT2D eigenvalue weighted by atomic mass is 16.5. The number of nitrogens with zero attached hydrogens (tertiary/aromatic N) is 1. The molecule has 2 rings (SSSR count). The van der Waals surface area contributed by atoms with Gasteiger partial charge in [0, 0.05) is 24.5 Å². The van der Waals surface area contributed by atoms with Crippen molar-refractivity contribution in [2.75, 3.05) is 31.9 Å². The van der Waals surface area contributed by atoms with E-state index >= 15 is 0 Å². The topological polar surface area (TPSA) is 47.7 Å². The summed E-state index contributed by atoms with van der Waals surface area (Å²) in [6.07, 6.45) is 0. The predicted molar refractivity (Wildman–Crippen MR) is 78.5 cm³/mol. The largest absolute Gasteiger partial charge is 0.497 e. The SMILES string of the molecule is COc1ccc(OC)c(N(C)c2ccc(N)cc2)c1. The van der Waals surface area contributed by atoms with Gasteiger partial charge in [0.05, 0.1) is 19.9 Å². The van der Waals surface area contributed by atoms with Crippen LogP contribution < -0.4 is 20.1 Å². The number of ether oxygens (including phenoxy) is 2. The first-order chi connectivity index (χ1) is 9.15. The third kappa shape index (κ3) is 2.73. The molecule has 0 aliphatic rings. The summed E-state index contributed by atoms with van der Waals surface area (Å²) in [7, 11) is 5.28. The molecule has 100 valence electrons. The Hall–Kier alpha value is -2.36. The zero-order valence-electron chi connectivity index (χ0n) is 11.4. The summed E-state index contributed by atoms with van der Waals surface area (Å²) in [5.41, 5.74) is 8.41. The molecule has 4 nitrogen and oxygen atoms in total. The minimum Gasteiger partial charge on any atom is -0.497 e. The van der Waals surface area contributed by atoms with Crippen LogP contribution >= 0.6 is 0 Å². The molecule has 2 N–H and O–H groups in total. The smallest absolute Gasteiger partial charge is 0.142 e. The zero-order chi connectivity index (χ0) is 13.8. The van der Waals surface area contributed by atoms with E-state index in [0.29, 0.717) is 0 Å². The first-order valence-corrected chi connectivity index (χ1v) is 5.97. The van der Waals surface area contributed by atoms with Crippen molar-refractivity contribution in [2.24, 2.45) is 0 Å². The second kappa shape index (κ2) is 5.52. The maximum Gasteiger partial charge on any atom is 0.142 e. The standard InChI is InChI=1S/C15H18N2O2/c1-17(12-6-4-11(16)5-7-12)14-10-13(18-2)8-9-15(14)19-3/h4-10H,16H2,1-3H3. The highest BCUT2D eigenvalue weighted by Crippen LogP contribution is 2.35. The summed E-state index contributed by atoms with van der Waals surface area (Å²) in [5, 5.41) is 0. The second-order valence-electron chi connectivity index (χ2n) is 4.19. The van der Waals surface area contributed by atoms with E-state index in [0.717, 1.165) is 28.6 Å². The number of anilines is 3. The van der Waals surface area contributed by atoms with E-state index in [4.69, 9.17) is 15.2 Å². The second-order valence-corrected chi connectivity index (χ2v) is 4.19. The maximum atomic E-state index is 5.70. The molecule has 0 unspecified atom stereocenters. The summed E-state index contributed by atoms with van der Waals surface area (Å²) in [6, 6.07) is 13.4. The van der Waals surface area contributed by atoms with Crippen molar-refractivity contribution in [2.45, 2.75) is 0 Å². The number of benzene rings is 2. The maximum absolute atomic E-state index is 5.70. The molecule has 0 radical (unpaired) electrons. The Kier molecular flexibility index (Phi) is 3.80. The van der Waals surface area contributed by atoms with Gasteiger partial charge in [-0.2, -0.15) is 0 Å². The van der Waals surface area contributed by atoms with E-state index < -0.39 is 0 Å². The fourth-order valence-corrected chi connectivity index (χ4v) is 1.90. The lowest BCUT2D eigenvalue weighted by Crippen LogP contribution is -2.11. The van der Waals surface area contributed by atoms with Gasteiger partial charge in [-0.05, 0) is 36.4 Å². The number of nitrogen functional groups attached to an aromatic ring is 1. The predicted octanol–water partition coefficient (Wildman–Crippen LogP) is 3.05. The van der Waals surface area contributed by atoms with Crippen molar-refractivity contribution in [3.05, 3.63) is 42.5 Å². The van der Waals surface area contributed by atoms with Crippen LogP contribution in [0.1, 0.15) is 0 Å². The third-order valence-electron chi connectivity index (χ3n) is 3.03. The number of rotatable bonds is 4. The molecular weight excluding hydrogens is 240 g/mol. The first kappa shape index (κ1) is 13.1. The third-order valence-corrected chi connectivity index (χ3v) is 3.03. The normalized spacial score (nSPS) is 10.1. The van der Waals surface area contributed by atoms with Crippen LogP contribution in [-0.2, 0) is 0 Å². The lowest BCUT2D eigenvalue weighted by Gasteiger charge is -2.22. The van der Waals surface area contributed by atoms with Gasteiger partial charge in [-0.3, -0.25) is 0 Å². The molecule has 2 aromatic carbocycles. The fraction of sp³-hybridized carbons (Fsp3) is 0.200. The number of hydrogen-bond acceptors (Lipinski definition) is 4. The Morgan fingerprint density at radius 3 is 2.21 bits per heavy atom. The molecule has 4 heteroatoms. The van der Waals surface area contributed by atoms with Gasteiger partial charge in [0.15, 0.2) is 0 Å². The van der Waals surface area contributed by atoms with Gasteiger partial charge in [0.25, 0.3) is 0 Å². The highest BCUT2D eigenvalue weighted by molar-refractivity contribution is 5.71. The lowest BCUT2D eigenvalue weighted by molar-refractivity contribution is 0.404. The van der Waals surface area contributed by atoms with Gasteiger partial charge in [-0.25, -0.2) is 0 Å². The van der Waals surface area contributed by atoms with Crippen molar-refractivity contribution >= 4 is 17.1 Å². The van der Waals surface area contributed by atoms with Crippen molar-refractivity contribution in [1.29, 1.82) is 0 Å². The summed E-state index contributed by atoms with van der Waals surface area (Å²) >= 11 is 0. The van der Waals surface area contributed by atoms with Gasteiger partial charge < -0.3 is 20.1 Å². The molecule has 0 bridgehead atoms. The summed E-state index contributed by atoms with van der Waals surface area (Å²) in [5.74, 6) is 1.58. The van der Waals surface area contributed by atoms with E-state index in [1.807, 2.05) is 54.4 Å². The first-order valence-electron chi connectivity index (χ1n) is 5.97. The molecular formula is C15H18N2O2. The van der Waals surface area contributed by atoms with Crippen molar-refractivity contribution in [3.63, 3.8) is 0 Å². The van der Waals surface area contributed by atoms with Crippen LogP contribution in [0.25, 0.3) is 0 Å². The van der Waals surface area contributed by atoms with Crippen molar-refractivity contribution < 1.29 is 9.47 Å². The molecule has 0 saturated heterocycles. The van der Waals surface area contributed by atoms with Gasteiger partial charge >= 0.3 is 0 Å². The molecule has 0 atom stereocenters. The molecule has 0 aromatic heterocycles. The average Bonchev–Trinajstić information content (AvgIpc) is 2.46. The van der Waals surface area contributed by atoms with E-state index in [9.17, 15) is 0 Å². The Bertz CT molecular complexity index is 553. The summed E-state index contributed by atoms with van der Waals surface area (Å²) in [6.45, 7) is 0. The van der Waals surface area contributed by atoms with E-state index in [1.165, 1.54) is 0 Å². The molecule has 19 heavy (non-hydrogen) atoms. The van der Waals surface area contributed by atoms with Crippen molar-refractivity contribution in [3.8, 4) is 11.5 Å². The van der Waals surface area contributed by atoms with Crippen LogP contribution in [0.15, 0.2) is 42.5 Å².